The Morgan fingerprint density at radius 2 is 1.81 bits per heavy atom. The summed E-state index contributed by atoms with van der Waals surface area (Å²) in [5.41, 5.74) is 3.12. The Morgan fingerprint density at radius 3 is 2.39 bits per heavy atom. The molecule has 1 N–H and O–H groups in total. The van der Waals surface area contributed by atoms with E-state index in [1.54, 1.807) is 12.1 Å². The van der Waals surface area contributed by atoms with Gasteiger partial charge in [0.2, 0.25) is 0 Å². The summed E-state index contributed by atoms with van der Waals surface area (Å²) in [6.07, 6.45) is 0. The number of benzene rings is 2. The van der Waals surface area contributed by atoms with Crippen LogP contribution in [0.1, 0.15) is 22.0 Å². The van der Waals surface area contributed by atoms with Gasteiger partial charge in [0.1, 0.15) is 11.8 Å². The SMILES string of the molecule is Cc1cc(/C(O)=C2/C(=O)C(=O)N(c3ccc(N(C)C)cc3)C2c2cccs2)ccc1Br. The number of halogens is 1. The van der Waals surface area contributed by atoms with E-state index in [-0.39, 0.29) is 11.3 Å². The van der Waals surface area contributed by atoms with E-state index in [0.29, 0.717) is 11.3 Å². The molecule has 2 heterocycles. The number of ketones is 1. The van der Waals surface area contributed by atoms with Gasteiger partial charge in [-0.05, 0) is 60.3 Å². The molecule has 1 atom stereocenters. The Bertz CT molecular complexity index is 1180. The van der Waals surface area contributed by atoms with Gasteiger partial charge in [-0.25, -0.2) is 0 Å². The molecule has 0 aliphatic carbocycles. The highest BCUT2D eigenvalue weighted by molar-refractivity contribution is 9.10. The van der Waals surface area contributed by atoms with Crippen LogP contribution in [0.3, 0.4) is 0 Å². The monoisotopic (exact) mass is 496 g/mol. The van der Waals surface area contributed by atoms with Crippen LogP contribution in [-0.4, -0.2) is 30.9 Å². The molecule has 1 aliphatic heterocycles. The van der Waals surface area contributed by atoms with Crippen LogP contribution in [0.25, 0.3) is 5.76 Å². The number of carbonyl (C=O) groups excluding carboxylic acids is 2. The van der Waals surface area contributed by atoms with Crippen molar-refractivity contribution >= 4 is 56.1 Å². The second-order valence-corrected chi connectivity index (χ2v) is 9.39. The lowest BCUT2D eigenvalue weighted by molar-refractivity contribution is -0.132. The summed E-state index contributed by atoms with van der Waals surface area (Å²) in [4.78, 5) is 30.5. The standard InChI is InChI=1S/C24H21BrN2O3S/c1-14-13-15(6-11-18(14)25)22(28)20-21(19-5-4-12-31-19)27(24(30)23(20)29)17-9-7-16(8-10-17)26(2)3/h4-13,21,28H,1-3H3/b22-20-. The molecule has 0 radical (unpaired) electrons. The zero-order valence-electron chi connectivity index (χ0n) is 17.3. The first-order chi connectivity index (χ1) is 14.8. The van der Waals surface area contributed by atoms with Gasteiger partial charge in [0, 0.05) is 40.4 Å². The lowest BCUT2D eigenvalue weighted by atomic mass is 9.99. The van der Waals surface area contributed by atoms with Crippen LogP contribution < -0.4 is 9.80 Å². The number of rotatable bonds is 4. The number of amides is 1. The van der Waals surface area contributed by atoms with Crippen LogP contribution in [0.4, 0.5) is 11.4 Å². The Hall–Kier alpha value is -2.90. The van der Waals surface area contributed by atoms with Gasteiger partial charge in [0.25, 0.3) is 11.7 Å². The highest BCUT2D eigenvalue weighted by Gasteiger charge is 2.47. The molecule has 31 heavy (non-hydrogen) atoms. The van der Waals surface area contributed by atoms with Gasteiger partial charge in [-0.2, -0.15) is 0 Å². The van der Waals surface area contributed by atoms with E-state index in [9.17, 15) is 14.7 Å². The minimum absolute atomic E-state index is 0.103. The first-order valence-corrected chi connectivity index (χ1v) is 11.3. The summed E-state index contributed by atoms with van der Waals surface area (Å²) in [6, 6.07) is 15.9. The van der Waals surface area contributed by atoms with Gasteiger partial charge in [0.05, 0.1) is 5.57 Å². The Balaban J connectivity index is 1.88. The Labute approximate surface area is 193 Å². The molecule has 7 heteroatoms. The van der Waals surface area contributed by atoms with Crippen molar-refractivity contribution in [1.82, 2.24) is 0 Å². The quantitative estimate of drug-likeness (QED) is 0.293. The average Bonchev–Trinajstić information content (AvgIpc) is 3.37. The normalized spacial score (nSPS) is 17.9. The van der Waals surface area contributed by atoms with Gasteiger partial charge in [0.15, 0.2) is 0 Å². The molecule has 1 saturated heterocycles. The maximum atomic E-state index is 13.1. The number of aliphatic hydroxyl groups is 1. The number of aliphatic hydroxyl groups excluding tert-OH is 1. The number of anilines is 2. The van der Waals surface area contributed by atoms with E-state index >= 15 is 0 Å². The zero-order valence-corrected chi connectivity index (χ0v) is 19.7. The van der Waals surface area contributed by atoms with Crippen molar-refractivity contribution in [2.45, 2.75) is 13.0 Å². The topological polar surface area (TPSA) is 60.9 Å². The fourth-order valence-corrected chi connectivity index (χ4v) is 4.74. The molecule has 1 fully saturated rings. The molecule has 1 unspecified atom stereocenters. The summed E-state index contributed by atoms with van der Waals surface area (Å²) < 4.78 is 0.903. The van der Waals surface area contributed by atoms with Crippen molar-refractivity contribution in [2.24, 2.45) is 0 Å². The first kappa shape index (κ1) is 21.3. The molecule has 5 nitrogen and oxygen atoms in total. The average molecular weight is 497 g/mol. The summed E-state index contributed by atoms with van der Waals surface area (Å²) in [5, 5.41) is 13.0. The number of nitrogens with zero attached hydrogens (tertiary/aromatic N) is 2. The zero-order chi connectivity index (χ0) is 22.3. The molecule has 3 aromatic rings. The molecule has 0 spiro atoms. The van der Waals surface area contributed by atoms with E-state index in [4.69, 9.17) is 0 Å². The van der Waals surface area contributed by atoms with E-state index in [0.717, 1.165) is 20.6 Å². The minimum atomic E-state index is -0.687. The van der Waals surface area contributed by atoms with Gasteiger partial charge in [-0.1, -0.05) is 28.1 Å². The molecule has 1 aliphatic rings. The maximum Gasteiger partial charge on any atom is 0.300 e. The van der Waals surface area contributed by atoms with Crippen molar-refractivity contribution in [3.63, 3.8) is 0 Å². The summed E-state index contributed by atoms with van der Waals surface area (Å²) in [5.74, 6) is -1.50. The summed E-state index contributed by atoms with van der Waals surface area (Å²) >= 11 is 4.90. The highest BCUT2D eigenvalue weighted by Crippen LogP contribution is 2.44. The number of Topliss-reactive ketones (excluding diaryl/α,β-unsaturated/α-hetero) is 1. The molecule has 0 bridgehead atoms. The predicted octanol–water partition coefficient (Wildman–Crippen LogP) is 5.51. The van der Waals surface area contributed by atoms with Crippen LogP contribution in [0.2, 0.25) is 0 Å². The van der Waals surface area contributed by atoms with Crippen LogP contribution in [0.15, 0.2) is 70.0 Å². The molecule has 4 rings (SSSR count). The van der Waals surface area contributed by atoms with E-state index < -0.39 is 17.7 Å². The van der Waals surface area contributed by atoms with Gasteiger partial charge >= 0.3 is 0 Å². The fraction of sp³-hybridized carbons (Fsp3) is 0.167. The van der Waals surface area contributed by atoms with Gasteiger partial charge in [-0.15, -0.1) is 11.3 Å². The smallest absolute Gasteiger partial charge is 0.300 e. The second kappa shape index (κ2) is 8.32. The third-order valence-corrected chi connectivity index (χ3v) is 7.15. The largest absolute Gasteiger partial charge is 0.507 e. The molecule has 0 saturated carbocycles. The number of hydrogen-bond acceptors (Lipinski definition) is 5. The molecular formula is C24H21BrN2O3S. The molecule has 1 amide bonds. The lowest BCUT2D eigenvalue weighted by Crippen LogP contribution is -2.29. The van der Waals surface area contributed by atoms with Gasteiger partial charge in [-0.3, -0.25) is 14.5 Å². The van der Waals surface area contributed by atoms with E-state index in [1.807, 2.05) is 73.8 Å². The van der Waals surface area contributed by atoms with Crippen LogP contribution in [0.5, 0.6) is 0 Å². The predicted molar refractivity (Wildman–Crippen MR) is 129 cm³/mol. The number of aryl methyl sites for hydroxylation is 1. The van der Waals surface area contributed by atoms with Gasteiger partial charge < -0.3 is 10.0 Å². The lowest BCUT2D eigenvalue weighted by Gasteiger charge is -2.25. The maximum absolute atomic E-state index is 13.1. The molecule has 158 valence electrons. The summed E-state index contributed by atoms with van der Waals surface area (Å²) in [6.45, 7) is 1.91. The Kier molecular flexibility index (Phi) is 5.73. The fourth-order valence-electron chi connectivity index (χ4n) is 3.67. The minimum Gasteiger partial charge on any atom is -0.507 e. The van der Waals surface area contributed by atoms with Crippen molar-refractivity contribution < 1.29 is 14.7 Å². The van der Waals surface area contributed by atoms with Crippen molar-refractivity contribution in [3.8, 4) is 0 Å². The second-order valence-electron chi connectivity index (χ2n) is 7.56. The first-order valence-electron chi connectivity index (χ1n) is 9.68. The Morgan fingerprint density at radius 1 is 1.10 bits per heavy atom. The van der Waals surface area contributed by atoms with Crippen molar-refractivity contribution in [1.29, 1.82) is 0 Å². The van der Waals surface area contributed by atoms with E-state index in [2.05, 4.69) is 15.9 Å². The van der Waals surface area contributed by atoms with Crippen molar-refractivity contribution in [2.75, 3.05) is 23.9 Å². The number of carbonyl (C=O) groups is 2. The number of thiophene rings is 1. The highest BCUT2D eigenvalue weighted by atomic mass is 79.9. The van der Waals surface area contributed by atoms with E-state index in [1.165, 1.54) is 16.2 Å². The van der Waals surface area contributed by atoms with Crippen molar-refractivity contribution in [3.05, 3.63) is 86.0 Å². The molecule has 1 aromatic heterocycles. The molecular weight excluding hydrogens is 476 g/mol. The van der Waals surface area contributed by atoms with Crippen LogP contribution in [0, 0.1) is 6.92 Å². The summed E-state index contributed by atoms with van der Waals surface area (Å²) in [7, 11) is 3.88. The number of hydrogen-bond donors (Lipinski definition) is 1. The third-order valence-electron chi connectivity index (χ3n) is 5.33. The third kappa shape index (κ3) is 3.79. The van der Waals surface area contributed by atoms with Crippen LogP contribution >= 0.6 is 27.3 Å². The molecule has 2 aromatic carbocycles. The van der Waals surface area contributed by atoms with Crippen LogP contribution in [-0.2, 0) is 9.59 Å².